The Bertz CT molecular complexity index is 1080. The van der Waals surface area contributed by atoms with E-state index in [0.29, 0.717) is 39.7 Å². The first-order valence-electron chi connectivity index (χ1n) is 10.6. The van der Waals surface area contributed by atoms with E-state index in [1.165, 1.54) is 0 Å². The molecule has 0 saturated heterocycles. The lowest BCUT2D eigenvalue weighted by atomic mass is 10.0. The highest BCUT2D eigenvalue weighted by molar-refractivity contribution is 6.42. The van der Waals surface area contributed by atoms with Crippen molar-refractivity contribution < 1.29 is 14.6 Å². The molecule has 0 bridgehead atoms. The van der Waals surface area contributed by atoms with Crippen molar-refractivity contribution in [1.29, 1.82) is 0 Å². The Kier molecular flexibility index (Phi) is 9.30. The molecular weight excluding hydrogens is 481 g/mol. The predicted octanol–water partition coefficient (Wildman–Crippen LogP) is 6.83. The summed E-state index contributed by atoms with van der Waals surface area (Å²) >= 11 is 18.5. The molecule has 0 heterocycles. The van der Waals surface area contributed by atoms with E-state index in [1.54, 1.807) is 32.4 Å². The number of ether oxygens (including phenoxy) is 2. The molecule has 4 nitrogen and oxygen atoms in total. The second-order valence-corrected chi connectivity index (χ2v) is 9.24. The summed E-state index contributed by atoms with van der Waals surface area (Å²) in [5, 5.41) is 12.6. The topological polar surface area (TPSA) is 41.9 Å². The average Bonchev–Trinajstić information content (AvgIpc) is 2.80. The monoisotopic (exact) mass is 507 g/mol. The fraction of sp³-hybridized carbons (Fsp3) is 0.308. The maximum atomic E-state index is 11.0. The molecule has 176 valence electrons. The normalized spacial score (nSPS) is 13.1. The molecule has 3 rings (SSSR count). The van der Waals surface area contributed by atoms with Crippen molar-refractivity contribution >= 4 is 34.8 Å². The first-order valence-corrected chi connectivity index (χ1v) is 11.8. The van der Waals surface area contributed by atoms with E-state index in [9.17, 15) is 5.11 Å². The smallest absolute Gasteiger partial charge is 0.160 e. The van der Waals surface area contributed by atoms with Crippen LogP contribution in [0.25, 0.3) is 0 Å². The Labute approximate surface area is 210 Å². The van der Waals surface area contributed by atoms with Crippen molar-refractivity contribution in [2.75, 3.05) is 20.8 Å². The minimum absolute atomic E-state index is 0.103. The van der Waals surface area contributed by atoms with Crippen LogP contribution in [-0.4, -0.2) is 36.8 Å². The highest BCUT2D eigenvalue weighted by atomic mass is 35.5. The summed E-state index contributed by atoms with van der Waals surface area (Å²) < 4.78 is 10.8. The van der Waals surface area contributed by atoms with Crippen molar-refractivity contribution in [2.24, 2.45) is 0 Å². The molecule has 0 fully saturated rings. The fourth-order valence-electron chi connectivity index (χ4n) is 3.79. The van der Waals surface area contributed by atoms with E-state index in [1.807, 2.05) is 42.5 Å². The van der Waals surface area contributed by atoms with Crippen LogP contribution in [-0.2, 0) is 13.0 Å². The van der Waals surface area contributed by atoms with Crippen molar-refractivity contribution in [2.45, 2.75) is 32.0 Å². The highest BCUT2D eigenvalue weighted by Crippen LogP contribution is 2.29. The highest BCUT2D eigenvalue weighted by Gasteiger charge is 2.21. The molecule has 0 saturated carbocycles. The molecule has 1 N–H and O–H groups in total. The van der Waals surface area contributed by atoms with E-state index in [-0.39, 0.29) is 6.04 Å². The third-order valence-corrected chi connectivity index (χ3v) is 6.59. The van der Waals surface area contributed by atoms with Crippen LogP contribution in [0.5, 0.6) is 11.5 Å². The van der Waals surface area contributed by atoms with Crippen LogP contribution in [0.2, 0.25) is 15.1 Å². The number of rotatable bonds is 10. The van der Waals surface area contributed by atoms with Crippen LogP contribution in [0.3, 0.4) is 0 Å². The standard InChI is InChI=1S/C26H28Cl3NO3/c1-17(11-18-8-10-25(32-2)26(13-18)33-3)30(15-19-7-9-22(28)23(29)12-19)16-24(31)20-5-4-6-21(27)14-20/h4-10,12-14,17,24,31H,11,15-16H2,1-3H3/t17-,24?/m1/s1. The number of hydrogen-bond acceptors (Lipinski definition) is 4. The molecule has 0 aromatic heterocycles. The van der Waals surface area contributed by atoms with Gasteiger partial charge in [0.15, 0.2) is 11.5 Å². The zero-order chi connectivity index (χ0) is 24.0. The number of halogens is 3. The van der Waals surface area contributed by atoms with Crippen molar-refractivity contribution in [3.8, 4) is 11.5 Å². The van der Waals surface area contributed by atoms with E-state index in [4.69, 9.17) is 44.3 Å². The molecule has 0 spiro atoms. The summed E-state index contributed by atoms with van der Waals surface area (Å²) in [6.07, 6.45) is 0.0588. The van der Waals surface area contributed by atoms with Gasteiger partial charge in [0.1, 0.15) is 0 Å². The lowest BCUT2D eigenvalue weighted by Gasteiger charge is -2.31. The zero-order valence-electron chi connectivity index (χ0n) is 18.9. The van der Waals surface area contributed by atoms with Gasteiger partial charge in [-0.05, 0) is 66.4 Å². The van der Waals surface area contributed by atoms with Crippen molar-refractivity contribution in [1.82, 2.24) is 4.90 Å². The molecule has 33 heavy (non-hydrogen) atoms. The van der Waals surface area contributed by atoms with Gasteiger partial charge in [0.05, 0.1) is 30.4 Å². The maximum Gasteiger partial charge on any atom is 0.160 e. The van der Waals surface area contributed by atoms with Crippen LogP contribution >= 0.6 is 34.8 Å². The lowest BCUT2D eigenvalue weighted by molar-refractivity contribution is 0.0859. The summed E-state index contributed by atoms with van der Waals surface area (Å²) in [6, 6.07) is 19.0. The van der Waals surface area contributed by atoms with E-state index >= 15 is 0 Å². The van der Waals surface area contributed by atoms with Crippen molar-refractivity contribution in [3.05, 3.63) is 92.4 Å². The van der Waals surface area contributed by atoms with Crippen LogP contribution in [0, 0.1) is 0 Å². The molecule has 7 heteroatoms. The van der Waals surface area contributed by atoms with Crippen molar-refractivity contribution in [3.63, 3.8) is 0 Å². The minimum atomic E-state index is -0.695. The van der Waals surface area contributed by atoms with Gasteiger partial charge >= 0.3 is 0 Å². The van der Waals surface area contributed by atoms with E-state index < -0.39 is 6.10 Å². The molecule has 0 aliphatic carbocycles. The number of aliphatic hydroxyl groups excluding tert-OH is 1. The first kappa shape index (κ1) is 25.7. The van der Waals surface area contributed by atoms with Gasteiger partial charge in [0.25, 0.3) is 0 Å². The number of benzene rings is 3. The number of aliphatic hydroxyl groups is 1. The Morgan fingerprint density at radius 1 is 0.848 bits per heavy atom. The second-order valence-electron chi connectivity index (χ2n) is 7.99. The molecule has 0 aliphatic rings. The summed E-state index contributed by atoms with van der Waals surface area (Å²) in [5.74, 6) is 1.38. The summed E-state index contributed by atoms with van der Waals surface area (Å²) in [4.78, 5) is 2.22. The largest absolute Gasteiger partial charge is 0.493 e. The Morgan fingerprint density at radius 3 is 2.24 bits per heavy atom. The zero-order valence-corrected chi connectivity index (χ0v) is 21.2. The minimum Gasteiger partial charge on any atom is -0.493 e. The van der Waals surface area contributed by atoms with Gasteiger partial charge in [-0.25, -0.2) is 0 Å². The maximum absolute atomic E-state index is 11.0. The molecule has 0 aliphatic heterocycles. The summed E-state index contributed by atoms with van der Waals surface area (Å²) in [5.41, 5.74) is 2.90. The van der Waals surface area contributed by atoms with Gasteiger partial charge in [0.2, 0.25) is 0 Å². The van der Waals surface area contributed by atoms with Crippen LogP contribution in [0.1, 0.15) is 29.7 Å². The molecular formula is C26H28Cl3NO3. The van der Waals surface area contributed by atoms with E-state index in [0.717, 1.165) is 23.1 Å². The quantitative estimate of drug-likeness (QED) is 0.326. The molecule has 0 amide bonds. The lowest BCUT2D eigenvalue weighted by Crippen LogP contribution is -2.37. The average molecular weight is 509 g/mol. The molecule has 3 aromatic rings. The first-order chi connectivity index (χ1) is 15.8. The Balaban J connectivity index is 1.83. The second kappa shape index (κ2) is 12.0. The fourth-order valence-corrected chi connectivity index (χ4v) is 4.31. The predicted molar refractivity (Wildman–Crippen MR) is 136 cm³/mol. The Hall–Kier alpha value is -1.95. The van der Waals surface area contributed by atoms with Gasteiger partial charge < -0.3 is 14.6 Å². The third kappa shape index (κ3) is 7.02. The summed E-state index contributed by atoms with van der Waals surface area (Å²) in [7, 11) is 3.25. The summed E-state index contributed by atoms with van der Waals surface area (Å²) in [6.45, 7) is 3.16. The molecule has 0 radical (unpaired) electrons. The van der Waals surface area contributed by atoms with Crippen LogP contribution < -0.4 is 9.47 Å². The van der Waals surface area contributed by atoms with Gasteiger partial charge in [-0.3, -0.25) is 4.90 Å². The van der Waals surface area contributed by atoms with Crippen LogP contribution in [0.15, 0.2) is 60.7 Å². The van der Waals surface area contributed by atoms with Gasteiger partial charge in [-0.15, -0.1) is 0 Å². The number of methoxy groups -OCH3 is 2. The van der Waals surface area contributed by atoms with Gasteiger partial charge in [-0.1, -0.05) is 59.1 Å². The Morgan fingerprint density at radius 2 is 1.58 bits per heavy atom. The number of hydrogen-bond donors (Lipinski definition) is 1. The van der Waals surface area contributed by atoms with Gasteiger partial charge in [-0.2, -0.15) is 0 Å². The third-order valence-electron chi connectivity index (χ3n) is 5.61. The van der Waals surface area contributed by atoms with E-state index in [2.05, 4.69) is 11.8 Å². The number of nitrogens with zero attached hydrogens (tertiary/aromatic N) is 1. The molecule has 2 atom stereocenters. The van der Waals surface area contributed by atoms with Gasteiger partial charge in [0, 0.05) is 24.2 Å². The molecule has 3 aromatic carbocycles. The molecule has 1 unspecified atom stereocenters. The SMILES string of the molecule is COc1ccc(C[C@@H](C)N(Cc2ccc(Cl)c(Cl)c2)CC(O)c2cccc(Cl)c2)cc1OC. The van der Waals surface area contributed by atoms with Crippen LogP contribution in [0.4, 0.5) is 0 Å².